The highest BCUT2D eigenvalue weighted by Gasteiger charge is 2.61. The molecule has 4 heteroatoms. The normalized spacial score (nSPS) is 55.0. The van der Waals surface area contributed by atoms with E-state index in [1.807, 2.05) is 0 Å². The lowest BCUT2D eigenvalue weighted by Gasteiger charge is -2.58. The van der Waals surface area contributed by atoms with Crippen molar-refractivity contribution in [2.24, 2.45) is 34.5 Å². The number of Topliss-reactive ketones (excluding diaryl/α,β-unsaturated/α-hetero) is 1. The predicted octanol–water partition coefficient (Wildman–Crippen LogP) is 2.46. The minimum Gasteiger partial charge on any atom is -0.392 e. The number of hydrogen-bond acceptors (Lipinski definition) is 4. The number of allylic oxidation sites excluding steroid dienone is 1. The summed E-state index contributed by atoms with van der Waals surface area (Å²) in [6, 6.07) is 0. The maximum absolute atomic E-state index is 12.2. The van der Waals surface area contributed by atoms with E-state index in [1.165, 1.54) is 5.57 Å². The van der Waals surface area contributed by atoms with Crippen molar-refractivity contribution in [2.75, 3.05) is 0 Å². The molecule has 0 heterocycles. The zero-order chi connectivity index (χ0) is 18.1. The molecule has 140 valence electrons. The van der Waals surface area contributed by atoms with Gasteiger partial charge in [0.15, 0.2) is 0 Å². The molecule has 4 nitrogen and oxygen atoms in total. The largest absolute Gasteiger partial charge is 0.392 e. The van der Waals surface area contributed by atoms with Crippen molar-refractivity contribution in [3.8, 4) is 0 Å². The Morgan fingerprint density at radius 3 is 2.48 bits per heavy atom. The third-order valence-corrected chi connectivity index (χ3v) is 8.62. The van der Waals surface area contributed by atoms with Crippen molar-refractivity contribution in [1.29, 1.82) is 0 Å². The van der Waals surface area contributed by atoms with E-state index in [1.54, 1.807) is 6.92 Å². The van der Waals surface area contributed by atoms with Gasteiger partial charge < -0.3 is 15.3 Å². The molecule has 0 spiro atoms. The number of fused-ring (bicyclic) bond motifs is 5. The Hall–Kier alpha value is -0.710. The maximum Gasteiger partial charge on any atom is 0.139 e. The molecule has 0 aromatic carbocycles. The van der Waals surface area contributed by atoms with Gasteiger partial charge in [0.1, 0.15) is 5.78 Å². The fraction of sp³-hybridized carbons (Fsp3) is 0.857. The molecule has 4 aliphatic rings. The molecule has 4 rings (SSSR count). The second-order valence-electron chi connectivity index (χ2n) is 9.68. The molecule has 9 atom stereocenters. The molecule has 0 radical (unpaired) electrons. The first-order valence-electron chi connectivity index (χ1n) is 9.95. The molecule has 3 fully saturated rings. The smallest absolute Gasteiger partial charge is 0.139 e. The van der Waals surface area contributed by atoms with E-state index in [0.29, 0.717) is 30.6 Å². The zero-order valence-corrected chi connectivity index (χ0v) is 15.6. The topological polar surface area (TPSA) is 77.8 Å². The molecule has 0 aromatic heterocycles. The van der Waals surface area contributed by atoms with Crippen LogP contribution in [0.25, 0.3) is 0 Å². The maximum atomic E-state index is 12.2. The van der Waals surface area contributed by atoms with Crippen molar-refractivity contribution >= 4 is 5.78 Å². The van der Waals surface area contributed by atoms with Crippen LogP contribution >= 0.6 is 0 Å². The summed E-state index contributed by atoms with van der Waals surface area (Å²) in [6.45, 7) is 6.05. The van der Waals surface area contributed by atoms with Gasteiger partial charge in [-0.3, -0.25) is 4.79 Å². The van der Waals surface area contributed by atoms with Gasteiger partial charge in [0.25, 0.3) is 0 Å². The molecule has 25 heavy (non-hydrogen) atoms. The van der Waals surface area contributed by atoms with Gasteiger partial charge in [0.05, 0.1) is 24.2 Å². The second kappa shape index (κ2) is 5.64. The molecule has 0 aromatic rings. The van der Waals surface area contributed by atoms with Crippen LogP contribution in [-0.4, -0.2) is 39.4 Å². The summed E-state index contributed by atoms with van der Waals surface area (Å²) in [5.41, 5.74) is 0.956. The van der Waals surface area contributed by atoms with Crippen molar-refractivity contribution in [1.82, 2.24) is 0 Å². The third kappa shape index (κ3) is 2.26. The number of rotatable bonds is 1. The highest BCUT2D eigenvalue weighted by Crippen LogP contribution is 2.65. The number of aliphatic hydroxyl groups excluding tert-OH is 3. The first-order chi connectivity index (χ1) is 11.7. The van der Waals surface area contributed by atoms with Crippen molar-refractivity contribution < 1.29 is 20.1 Å². The lowest BCUT2D eigenvalue weighted by atomic mass is 9.46. The van der Waals surface area contributed by atoms with Crippen LogP contribution in [-0.2, 0) is 4.79 Å². The van der Waals surface area contributed by atoms with Gasteiger partial charge in [0, 0.05) is 0 Å². The molecule has 0 aliphatic heterocycles. The van der Waals surface area contributed by atoms with Crippen LogP contribution in [0.1, 0.15) is 59.3 Å². The monoisotopic (exact) mass is 348 g/mol. The summed E-state index contributed by atoms with van der Waals surface area (Å²) in [4.78, 5) is 12.2. The fourth-order valence-corrected chi connectivity index (χ4v) is 7.23. The van der Waals surface area contributed by atoms with Gasteiger partial charge >= 0.3 is 0 Å². The van der Waals surface area contributed by atoms with Crippen LogP contribution in [0.15, 0.2) is 11.6 Å². The fourth-order valence-electron chi connectivity index (χ4n) is 7.23. The average molecular weight is 348 g/mol. The molecular formula is C21H32O4. The minimum absolute atomic E-state index is 0.0295. The third-order valence-electron chi connectivity index (χ3n) is 8.62. The van der Waals surface area contributed by atoms with Crippen molar-refractivity contribution in [2.45, 2.75) is 77.6 Å². The van der Waals surface area contributed by atoms with Crippen LogP contribution in [0.2, 0.25) is 0 Å². The van der Waals surface area contributed by atoms with Gasteiger partial charge in [0.2, 0.25) is 0 Å². The molecule has 3 N–H and O–H groups in total. The number of carbonyl (C=O) groups is 1. The average Bonchev–Trinajstić information content (AvgIpc) is 2.79. The van der Waals surface area contributed by atoms with E-state index in [2.05, 4.69) is 19.9 Å². The molecule has 0 bridgehead atoms. The summed E-state index contributed by atoms with van der Waals surface area (Å²) in [6.07, 6.45) is 5.66. The first kappa shape index (κ1) is 17.7. The van der Waals surface area contributed by atoms with E-state index in [4.69, 9.17) is 0 Å². The SMILES string of the molecule is CC(=O)C1C2=CC[C@@H]3[C@@H](CC[C@]4(C)C(O)C(O)C[C@@H]34)[C@@]2(C)CCC1O. The molecule has 3 saturated carbocycles. The van der Waals surface area contributed by atoms with E-state index >= 15 is 0 Å². The Morgan fingerprint density at radius 2 is 1.80 bits per heavy atom. The molecule has 4 aliphatic carbocycles. The summed E-state index contributed by atoms with van der Waals surface area (Å²) in [5, 5.41) is 31.3. The number of hydrogen-bond donors (Lipinski definition) is 3. The Labute approximate surface area is 150 Å². The summed E-state index contributed by atoms with van der Waals surface area (Å²) in [7, 11) is 0. The van der Waals surface area contributed by atoms with E-state index < -0.39 is 18.3 Å². The highest BCUT2D eigenvalue weighted by atomic mass is 16.3. The lowest BCUT2D eigenvalue weighted by Crippen LogP contribution is -2.53. The summed E-state index contributed by atoms with van der Waals surface area (Å²) >= 11 is 0. The molecular weight excluding hydrogens is 316 g/mol. The zero-order valence-electron chi connectivity index (χ0n) is 15.6. The van der Waals surface area contributed by atoms with Crippen LogP contribution < -0.4 is 0 Å². The summed E-state index contributed by atoms with van der Waals surface area (Å²) in [5.74, 6) is 1.02. The highest BCUT2D eigenvalue weighted by molar-refractivity contribution is 5.82. The number of ketones is 1. The van der Waals surface area contributed by atoms with Crippen LogP contribution in [0.5, 0.6) is 0 Å². The Morgan fingerprint density at radius 1 is 1.08 bits per heavy atom. The molecule has 4 unspecified atom stereocenters. The van der Waals surface area contributed by atoms with E-state index in [-0.39, 0.29) is 22.5 Å². The minimum atomic E-state index is -0.616. The van der Waals surface area contributed by atoms with Crippen LogP contribution in [0, 0.1) is 34.5 Å². The van der Waals surface area contributed by atoms with E-state index in [9.17, 15) is 20.1 Å². The van der Waals surface area contributed by atoms with Gasteiger partial charge in [-0.25, -0.2) is 0 Å². The number of aliphatic hydroxyl groups is 3. The Bertz CT molecular complexity index is 613. The standard InChI is InChI=1S/C21H32O4/c1-11(22)18-14-5-4-12-13(20(14,2)9-7-16(18)23)6-8-21(3)15(12)10-17(24)19(21)25/h5,12-13,15-19,23-25H,4,6-10H2,1-3H3/t12-,13-,15+,16?,17?,18?,19?,20-,21+/m1/s1. The van der Waals surface area contributed by atoms with Gasteiger partial charge in [-0.2, -0.15) is 0 Å². The molecule has 0 amide bonds. The Kier molecular flexibility index (Phi) is 3.99. The van der Waals surface area contributed by atoms with Crippen molar-refractivity contribution in [3.05, 3.63) is 11.6 Å². The lowest BCUT2D eigenvalue weighted by molar-refractivity contribution is -0.127. The van der Waals surface area contributed by atoms with E-state index in [0.717, 1.165) is 25.7 Å². The van der Waals surface area contributed by atoms with Gasteiger partial charge in [-0.15, -0.1) is 0 Å². The second-order valence-corrected chi connectivity index (χ2v) is 9.68. The van der Waals surface area contributed by atoms with Crippen molar-refractivity contribution in [3.63, 3.8) is 0 Å². The Balaban J connectivity index is 1.72. The quantitative estimate of drug-likeness (QED) is 0.636. The first-order valence-corrected chi connectivity index (χ1v) is 9.95. The number of carbonyl (C=O) groups excluding carboxylic acids is 1. The van der Waals surface area contributed by atoms with Gasteiger partial charge in [-0.1, -0.05) is 25.5 Å². The predicted molar refractivity (Wildman–Crippen MR) is 94.7 cm³/mol. The molecule has 0 saturated heterocycles. The van der Waals surface area contributed by atoms with Crippen LogP contribution in [0.3, 0.4) is 0 Å². The summed E-state index contributed by atoms with van der Waals surface area (Å²) < 4.78 is 0. The van der Waals surface area contributed by atoms with Crippen LogP contribution in [0.4, 0.5) is 0 Å². The van der Waals surface area contributed by atoms with Gasteiger partial charge in [-0.05, 0) is 74.0 Å².